The molecule has 0 unspecified atom stereocenters. The molecule has 300 valence electrons. The molecule has 1 aromatic carbocycles. The Morgan fingerprint density at radius 1 is 1.00 bits per heavy atom. The Labute approximate surface area is 315 Å². The number of H-pyrrole nitrogens is 1. The lowest BCUT2D eigenvalue weighted by Crippen LogP contribution is -2.58. The fourth-order valence-corrected chi connectivity index (χ4v) is 8.41. The number of hydrogen-bond donors (Lipinski definition) is 5. The molecule has 55 heavy (non-hydrogen) atoms. The predicted octanol–water partition coefficient (Wildman–Crippen LogP) is 3.66. The monoisotopic (exact) mass is 794 g/mol. The van der Waals surface area contributed by atoms with Gasteiger partial charge in [-0.05, 0) is 90.0 Å². The molecule has 3 heterocycles. The van der Waals surface area contributed by atoms with Crippen LogP contribution in [0.25, 0.3) is 10.9 Å². The molecule has 1 aromatic heterocycles. The van der Waals surface area contributed by atoms with Gasteiger partial charge in [-0.2, -0.15) is 0 Å². The molecule has 0 radical (unpaired) electrons. The van der Waals surface area contributed by atoms with Crippen LogP contribution in [0.1, 0.15) is 89.0 Å². The lowest BCUT2D eigenvalue weighted by atomic mass is 10.0. The summed E-state index contributed by atoms with van der Waals surface area (Å²) in [7, 11) is -3.96. The van der Waals surface area contributed by atoms with Crippen LogP contribution in [0.15, 0.2) is 36.4 Å². The molecule has 2 aliphatic heterocycles. The van der Waals surface area contributed by atoms with Crippen molar-refractivity contribution in [3.63, 3.8) is 0 Å². The fraction of sp³-hybridized carbons (Fsp3) is 0.583. The van der Waals surface area contributed by atoms with E-state index in [2.05, 4.69) is 30.4 Å². The molecule has 15 nitrogen and oxygen atoms in total. The van der Waals surface area contributed by atoms with Crippen molar-refractivity contribution in [3.8, 4) is 5.75 Å². The highest BCUT2D eigenvalue weighted by molar-refractivity contribution is 7.91. The number of rotatable bonds is 7. The van der Waals surface area contributed by atoms with E-state index < -0.39 is 92.3 Å². The third-order valence-corrected chi connectivity index (χ3v) is 11.8. The zero-order chi connectivity index (χ0) is 39.9. The van der Waals surface area contributed by atoms with Gasteiger partial charge in [-0.15, -0.1) is 13.2 Å². The standard InChI is InChI=1S/C36H45F3N6O9S/c1-34(2,3)54-33(50)42-26-10-8-6-4-5-7-9-21-18-35(21,32(49)44-55(51,52)24-12-13-24)43-30(47)28-17-22(19-45(28)31(26)48)40-29(46)27-16-20-15-23(53-36(37,38)39)11-14-25(20)41-27/h7,9,11,14-16,21-22,24,26,28,41H,4-6,8,10,12-13,17-19H2,1-3H3,(H,40,46)(H,42,50)(H,43,47)(H,44,49)/b9-7-/t21-,22+,26-,28-,35+/m0/s1. The van der Waals surface area contributed by atoms with E-state index in [4.69, 9.17) is 4.74 Å². The van der Waals surface area contributed by atoms with Gasteiger partial charge in [0.25, 0.3) is 11.8 Å². The lowest BCUT2D eigenvalue weighted by Gasteiger charge is -2.30. The van der Waals surface area contributed by atoms with Gasteiger partial charge in [0.2, 0.25) is 21.8 Å². The molecule has 5 amide bonds. The van der Waals surface area contributed by atoms with Crippen molar-refractivity contribution < 1.29 is 55.0 Å². The van der Waals surface area contributed by atoms with Crippen LogP contribution >= 0.6 is 0 Å². The minimum atomic E-state index is -4.91. The van der Waals surface area contributed by atoms with Gasteiger partial charge >= 0.3 is 12.5 Å². The van der Waals surface area contributed by atoms with Gasteiger partial charge in [-0.25, -0.2) is 13.2 Å². The van der Waals surface area contributed by atoms with Gasteiger partial charge in [0.15, 0.2) is 0 Å². The van der Waals surface area contributed by atoms with Crippen LogP contribution in [0, 0.1) is 5.92 Å². The molecule has 3 fully saturated rings. The summed E-state index contributed by atoms with van der Waals surface area (Å²) in [5.74, 6) is -3.92. The summed E-state index contributed by atoms with van der Waals surface area (Å²) in [6.07, 6.45) is 1.56. The van der Waals surface area contributed by atoms with Gasteiger partial charge in [-0.3, -0.25) is 23.9 Å². The number of halogens is 3. The quantitative estimate of drug-likeness (QED) is 0.259. The first-order chi connectivity index (χ1) is 25.7. The minimum absolute atomic E-state index is 0.0102. The van der Waals surface area contributed by atoms with E-state index in [-0.39, 0.29) is 36.9 Å². The molecular formula is C36H45F3N6O9S. The number of nitrogens with zero attached hydrogens (tertiary/aromatic N) is 1. The van der Waals surface area contributed by atoms with Crippen LogP contribution < -0.4 is 25.4 Å². The molecule has 5 N–H and O–H groups in total. The summed E-state index contributed by atoms with van der Waals surface area (Å²) in [6, 6.07) is 1.66. The van der Waals surface area contributed by atoms with Gasteiger partial charge in [0.1, 0.15) is 34.7 Å². The Morgan fingerprint density at radius 2 is 1.75 bits per heavy atom. The van der Waals surface area contributed by atoms with Crippen molar-refractivity contribution in [2.45, 2.75) is 119 Å². The number of sulfonamides is 1. The highest BCUT2D eigenvalue weighted by Gasteiger charge is 2.62. The first kappa shape index (κ1) is 39.9. The number of fused-ring (bicyclic) bond motifs is 3. The molecular weight excluding hydrogens is 749 g/mol. The number of aromatic nitrogens is 1. The van der Waals surface area contributed by atoms with E-state index in [0.717, 1.165) is 18.6 Å². The number of alkyl halides is 3. The Kier molecular flexibility index (Phi) is 10.9. The van der Waals surface area contributed by atoms with E-state index >= 15 is 0 Å². The number of nitrogens with one attached hydrogen (secondary N) is 5. The zero-order valence-corrected chi connectivity index (χ0v) is 31.4. The van der Waals surface area contributed by atoms with Crippen LogP contribution in [0.2, 0.25) is 0 Å². The lowest BCUT2D eigenvalue weighted by molar-refractivity contribution is -0.274. The summed E-state index contributed by atoms with van der Waals surface area (Å²) in [5, 5.41) is 7.76. The van der Waals surface area contributed by atoms with E-state index in [1.165, 1.54) is 17.0 Å². The Hall–Kier alpha value is -4.81. The second-order valence-corrected chi connectivity index (χ2v) is 17.6. The summed E-state index contributed by atoms with van der Waals surface area (Å²) >= 11 is 0. The van der Waals surface area contributed by atoms with Gasteiger partial charge in [0, 0.05) is 29.4 Å². The molecule has 0 bridgehead atoms. The highest BCUT2D eigenvalue weighted by Crippen LogP contribution is 2.46. The van der Waals surface area contributed by atoms with Crippen LogP contribution in [0.5, 0.6) is 5.75 Å². The van der Waals surface area contributed by atoms with Crippen molar-refractivity contribution in [2.24, 2.45) is 5.92 Å². The number of carbonyl (C=O) groups is 5. The molecule has 2 saturated carbocycles. The predicted molar refractivity (Wildman–Crippen MR) is 191 cm³/mol. The van der Waals surface area contributed by atoms with Gasteiger partial charge < -0.3 is 35.3 Å². The molecule has 4 aliphatic rings. The number of benzene rings is 1. The molecule has 1 saturated heterocycles. The zero-order valence-electron chi connectivity index (χ0n) is 30.6. The first-order valence-corrected chi connectivity index (χ1v) is 19.8. The molecule has 5 atom stereocenters. The Morgan fingerprint density at radius 3 is 2.44 bits per heavy atom. The van der Waals surface area contributed by atoms with Crippen molar-refractivity contribution >= 4 is 50.6 Å². The number of aromatic amines is 1. The average molecular weight is 795 g/mol. The van der Waals surface area contributed by atoms with E-state index in [1.807, 2.05) is 6.08 Å². The van der Waals surface area contributed by atoms with Gasteiger partial charge in [0.05, 0.1) is 5.25 Å². The Balaban J connectivity index is 1.26. The average Bonchev–Trinajstić information content (AvgIpc) is 3.96. The second kappa shape index (κ2) is 15.0. The normalized spacial score (nSPS) is 27.1. The summed E-state index contributed by atoms with van der Waals surface area (Å²) in [6.45, 7) is 4.82. The van der Waals surface area contributed by atoms with E-state index in [0.29, 0.717) is 37.6 Å². The van der Waals surface area contributed by atoms with Crippen LogP contribution in [0.3, 0.4) is 0 Å². The maximum absolute atomic E-state index is 14.3. The summed E-state index contributed by atoms with van der Waals surface area (Å²) in [5.41, 5.74) is -2.13. The van der Waals surface area contributed by atoms with Crippen LogP contribution in [-0.2, 0) is 29.1 Å². The number of ether oxygens (including phenoxy) is 2. The third kappa shape index (κ3) is 9.71. The second-order valence-electron chi connectivity index (χ2n) is 15.6. The van der Waals surface area contributed by atoms with Crippen molar-refractivity contribution in [1.29, 1.82) is 0 Å². The number of allylic oxidation sites excluding steroid dienone is 1. The van der Waals surface area contributed by atoms with Crippen molar-refractivity contribution in [2.75, 3.05) is 6.54 Å². The number of carbonyl (C=O) groups excluding carboxylic acids is 5. The Bertz CT molecular complexity index is 1990. The van der Waals surface area contributed by atoms with Crippen LogP contribution in [0.4, 0.5) is 18.0 Å². The summed E-state index contributed by atoms with van der Waals surface area (Å²) < 4.78 is 75.4. The third-order valence-electron chi connectivity index (χ3n) is 9.98. The maximum Gasteiger partial charge on any atom is 0.573 e. The molecule has 2 aromatic rings. The maximum atomic E-state index is 14.3. The van der Waals surface area contributed by atoms with Gasteiger partial charge in [-0.1, -0.05) is 25.0 Å². The molecule has 6 rings (SSSR count). The van der Waals surface area contributed by atoms with Crippen molar-refractivity contribution in [3.05, 3.63) is 42.1 Å². The minimum Gasteiger partial charge on any atom is -0.444 e. The fourth-order valence-electron chi connectivity index (χ4n) is 7.05. The summed E-state index contributed by atoms with van der Waals surface area (Å²) in [4.78, 5) is 72.6. The first-order valence-electron chi connectivity index (χ1n) is 18.3. The highest BCUT2D eigenvalue weighted by atomic mass is 32.2. The molecule has 0 spiro atoms. The SMILES string of the molecule is CC(C)(C)OC(=O)N[C@H]1CCCCC/C=C\[C@H]2C[C@@]2(C(=O)NS(=O)(=O)C2CC2)NC(=O)[C@@H]2C[C@@H](NC(=O)c3cc4cc(OC(F)(F)F)ccc4[nH]3)CN2C1=O. The van der Waals surface area contributed by atoms with Crippen molar-refractivity contribution in [1.82, 2.24) is 30.6 Å². The molecule has 2 aliphatic carbocycles. The topological polar surface area (TPSA) is 205 Å². The van der Waals surface area contributed by atoms with E-state index in [1.54, 1.807) is 26.8 Å². The number of alkyl carbamates (subject to hydrolysis) is 1. The smallest absolute Gasteiger partial charge is 0.444 e. The number of amides is 5. The van der Waals surface area contributed by atoms with E-state index in [9.17, 15) is 45.6 Å². The largest absolute Gasteiger partial charge is 0.573 e. The van der Waals surface area contributed by atoms with Crippen LogP contribution in [-0.4, -0.2) is 95.4 Å². The number of hydrogen-bond acceptors (Lipinski definition) is 9. The molecule has 19 heteroatoms.